The van der Waals surface area contributed by atoms with Crippen molar-refractivity contribution in [3.63, 3.8) is 0 Å². The highest BCUT2D eigenvalue weighted by molar-refractivity contribution is 5.49. The van der Waals surface area contributed by atoms with Crippen molar-refractivity contribution in [2.24, 2.45) is 5.41 Å². The predicted molar refractivity (Wildman–Crippen MR) is 85.6 cm³/mol. The monoisotopic (exact) mass is 284 g/mol. The number of aromatic nitrogens is 3. The van der Waals surface area contributed by atoms with Gasteiger partial charge in [-0.3, -0.25) is 0 Å². The summed E-state index contributed by atoms with van der Waals surface area (Å²) in [6.07, 6.45) is 9.78. The normalized spacial score (nSPS) is 21.7. The van der Waals surface area contributed by atoms with Crippen LogP contribution < -0.4 is 5.32 Å². The van der Waals surface area contributed by atoms with Gasteiger partial charge in [0.15, 0.2) is 0 Å². The number of hydrogen-bond donors (Lipinski definition) is 1. The SMILES string of the molecule is CC1(C)CCCC(Nc2ccc(-n3cncn3)cc2)CC1. The van der Waals surface area contributed by atoms with Crippen molar-refractivity contribution in [3.05, 3.63) is 36.9 Å². The third-order valence-electron chi connectivity index (χ3n) is 4.50. The molecule has 1 aliphatic carbocycles. The molecule has 1 aromatic heterocycles. The minimum atomic E-state index is 0.507. The number of nitrogens with zero attached hydrogens (tertiary/aromatic N) is 3. The molecule has 0 saturated heterocycles. The van der Waals surface area contributed by atoms with Crippen LogP contribution in [-0.4, -0.2) is 20.8 Å². The summed E-state index contributed by atoms with van der Waals surface area (Å²) in [7, 11) is 0. The highest BCUT2D eigenvalue weighted by Gasteiger charge is 2.24. The number of anilines is 1. The first-order valence-corrected chi connectivity index (χ1v) is 7.84. The molecule has 0 bridgehead atoms. The molecule has 1 aromatic carbocycles. The molecule has 1 aliphatic rings. The molecule has 0 aliphatic heterocycles. The van der Waals surface area contributed by atoms with E-state index in [1.165, 1.54) is 37.8 Å². The molecule has 0 amide bonds. The van der Waals surface area contributed by atoms with Crippen molar-refractivity contribution in [1.29, 1.82) is 0 Å². The van der Waals surface area contributed by atoms with Crippen LogP contribution in [0.1, 0.15) is 46.0 Å². The van der Waals surface area contributed by atoms with Crippen molar-refractivity contribution < 1.29 is 0 Å². The van der Waals surface area contributed by atoms with E-state index in [0.717, 1.165) is 5.69 Å². The Morgan fingerprint density at radius 3 is 2.67 bits per heavy atom. The third-order valence-corrected chi connectivity index (χ3v) is 4.50. The maximum Gasteiger partial charge on any atom is 0.138 e. The van der Waals surface area contributed by atoms with E-state index >= 15 is 0 Å². The summed E-state index contributed by atoms with van der Waals surface area (Å²) in [4.78, 5) is 3.97. The molecule has 4 heteroatoms. The number of benzene rings is 1. The lowest BCUT2D eigenvalue weighted by molar-refractivity contribution is 0.313. The van der Waals surface area contributed by atoms with E-state index in [-0.39, 0.29) is 0 Å². The van der Waals surface area contributed by atoms with E-state index in [2.05, 4.69) is 53.5 Å². The van der Waals surface area contributed by atoms with Crippen molar-refractivity contribution in [2.45, 2.75) is 52.0 Å². The van der Waals surface area contributed by atoms with E-state index in [4.69, 9.17) is 0 Å². The van der Waals surface area contributed by atoms with Gasteiger partial charge in [0.25, 0.3) is 0 Å². The molecule has 1 N–H and O–H groups in total. The fourth-order valence-corrected chi connectivity index (χ4v) is 3.09. The van der Waals surface area contributed by atoms with Gasteiger partial charge in [-0.25, -0.2) is 9.67 Å². The summed E-state index contributed by atoms with van der Waals surface area (Å²) in [5.41, 5.74) is 2.75. The Labute approximate surface area is 126 Å². The molecule has 1 saturated carbocycles. The van der Waals surface area contributed by atoms with E-state index in [1.54, 1.807) is 17.3 Å². The van der Waals surface area contributed by atoms with Crippen molar-refractivity contribution in [3.8, 4) is 5.69 Å². The first kappa shape index (κ1) is 14.1. The van der Waals surface area contributed by atoms with Crippen LogP contribution in [-0.2, 0) is 0 Å². The summed E-state index contributed by atoms with van der Waals surface area (Å²) in [6.45, 7) is 4.78. The fraction of sp³-hybridized carbons (Fsp3) is 0.529. The molecule has 0 spiro atoms. The topological polar surface area (TPSA) is 42.7 Å². The van der Waals surface area contributed by atoms with Crippen LogP contribution in [0.3, 0.4) is 0 Å². The molecular weight excluding hydrogens is 260 g/mol. The smallest absolute Gasteiger partial charge is 0.138 e. The van der Waals surface area contributed by atoms with Crippen LogP contribution in [0, 0.1) is 5.41 Å². The molecule has 1 fully saturated rings. The van der Waals surface area contributed by atoms with Gasteiger partial charge in [0.05, 0.1) is 5.69 Å². The average Bonchev–Trinajstić information content (AvgIpc) is 2.94. The highest BCUT2D eigenvalue weighted by atomic mass is 15.3. The van der Waals surface area contributed by atoms with Gasteiger partial charge in [-0.05, 0) is 55.4 Å². The Balaban J connectivity index is 1.63. The lowest BCUT2D eigenvalue weighted by Crippen LogP contribution is -2.19. The zero-order chi connectivity index (χ0) is 14.7. The molecular formula is C17H24N4. The largest absolute Gasteiger partial charge is 0.382 e. The Hall–Kier alpha value is -1.84. The Morgan fingerprint density at radius 1 is 1.14 bits per heavy atom. The summed E-state index contributed by atoms with van der Waals surface area (Å²) in [5.74, 6) is 0. The van der Waals surface area contributed by atoms with Gasteiger partial charge >= 0.3 is 0 Å². The van der Waals surface area contributed by atoms with Gasteiger partial charge in [0.1, 0.15) is 12.7 Å². The lowest BCUT2D eigenvalue weighted by Gasteiger charge is -2.22. The molecule has 2 aromatic rings. The highest BCUT2D eigenvalue weighted by Crippen LogP contribution is 2.34. The van der Waals surface area contributed by atoms with E-state index in [9.17, 15) is 0 Å². The molecule has 1 atom stereocenters. The van der Waals surface area contributed by atoms with Crippen LogP contribution in [0.4, 0.5) is 5.69 Å². The number of nitrogens with one attached hydrogen (secondary N) is 1. The molecule has 1 heterocycles. The number of hydrogen-bond acceptors (Lipinski definition) is 3. The average molecular weight is 284 g/mol. The zero-order valence-corrected chi connectivity index (χ0v) is 12.9. The first-order valence-electron chi connectivity index (χ1n) is 7.84. The number of rotatable bonds is 3. The second-order valence-electron chi connectivity index (χ2n) is 6.82. The summed E-state index contributed by atoms with van der Waals surface area (Å²) < 4.78 is 1.78. The zero-order valence-electron chi connectivity index (χ0n) is 12.9. The maximum absolute atomic E-state index is 4.15. The van der Waals surface area contributed by atoms with Gasteiger partial charge in [0, 0.05) is 11.7 Å². The third kappa shape index (κ3) is 3.63. The van der Waals surface area contributed by atoms with Crippen LogP contribution in [0.2, 0.25) is 0 Å². The Kier molecular flexibility index (Phi) is 3.95. The molecule has 0 radical (unpaired) electrons. The quantitative estimate of drug-likeness (QED) is 0.865. The van der Waals surface area contributed by atoms with E-state index < -0.39 is 0 Å². The van der Waals surface area contributed by atoms with Gasteiger partial charge in [-0.2, -0.15) is 5.10 Å². The first-order chi connectivity index (χ1) is 10.1. The van der Waals surface area contributed by atoms with Crippen molar-refractivity contribution >= 4 is 5.69 Å². The second-order valence-corrected chi connectivity index (χ2v) is 6.82. The van der Waals surface area contributed by atoms with Crippen LogP contribution in [0.25, 0.3) is 5.69 Å². The standard InChI is InChI=1S/C17H24N4/c1-17(2)10-3-4-14(9-11-17)20-15-5-7-16(8-6-15)21-13-18-12-19-21/h5-8,12-14,20H,3-4,9-11H2,1-2H3. The maximum atomic E-state index is 4.15. The van der Waals surface area contributed by atoms with Gasteiger partial charge in [0.2, 0.25) is 0 Å². The van der Waals surface area contributed by atoms with Crippen molar-refractivity contribution in [1.82, 2.24) is 14.8 Å². The van der Waals surface area contributed by atoms with Crippen LogP contribution in [0.15, 0.2) is 36.9 Å². The van der Waals surface area contributed by atoms with Gasteiger partial charge < -0.3 is 5.32 Å². The minimum Gasteiger partial charge on any atom is -0.382 e. The lowest BCUT2D eigenvalue weighted by atomic mass is 9.85. The van der Waals surface area contributed by atoms with Gasteiger partial charge in [-0.1, -0.05) is 20.3 Å². The molecule has 4 nitrogen and oxygen atoms in total. The van der Waals surface area contributed by atoms with Gasteiger partial charge in [-0.15, -0.1) is 0 Å². The predicted octanol–water partition coefficient (Wildman–Crippen LogP) is 4.04. The Morgan fingerprint density at radius 2 is 1.95 bits per heavy atom. The van der Waals surface area contributed by atoms with Crippen LogP contribution >= 0.6 is 0 Å². The molecule has 112 valence electrons. The van der Waals surface area contributed by atoms with E-state index in [0.29, 0.717) is 11.5 Å². The minimum absolute atomic E-state index is 0.507. The molecule has 1 unspecified atom stereocenters. The summed E-state index contributed by atoms with van der Waals surface area (Å²) >= 11 is 0. The van der Waals surface area contributed by atoms with Crippen LogP contribution in [0.5, 0.6) is 0 Å². The second kappa shape index (κ2) is 5.88. The molecule has 3 rings (SSSR count). The summed E-state index contributed by atoms with van der Waals surface area (Å²) in [6, 6.07) is 9.03. The van der Waals surface area contributed by atoms with Crippen molar-refractivity contribution in [2.75, 3.05) is 5.32 Å². The summed E-state index contributed by atoms with van der Waals surface area (Å²) in [5, 5.41) is 7.83. The molecule has 21 heavy (non-hydrogen) atoms. The van der Waals surface area contributed by atoms with E-state index in [1.807, 2.05) is 0 Å². The Bertz CT molecular complexity index is 557. The fourth-order valence-electron chi connectivity index (χ4n) is 3.09.